The molecular weight excluding hydrogens is 302 g/mol. The van der Waals surface area contributed by atoms with E-state index in [1.165, 1.54) is 11.3 Å². The lowest BCUT2D eigenvalue weighted by atomic mass is 10.2. The Morgan fingerprint density at radius 2 is 2.18 bits per heavy atom. The zero-order valence-corrected chi connectivity index (χ0v) is 12.6. The Bertz CT molecular complexity index is 865. The van der Waals surface area contributed by atoms with Gasteiger partial charge in [0.05, 0.1) is 4.53 Å². The van der Waals surface area contributed by atoms with Crippen LogP contribution in [0.2, 0.25) is 0 Å². The van der Waals surface area contributed by atoms with Gasteiger partial charge >= 0.3 is 0 Å². The van der Waals surface area contributed by atoms with Gasteiger partial charge in [0, 0.05) is 13.1 Å². The molecule has 1 aromatic heterocycles. The molecule has 6 nitrogen and oxygen atoms in total. The molecule has 0 unspecified atom stereocenters. The van der Waals surface area contributed by atoms with E-state index in [4.69, 9.17) is 10.5 Å². The Balaban J connectivity index is 1.88. The monoisotopic (exact) mass is 317 g/mol. The largest absolute Gasteiger partial charge is 0.484 e. The Labute approximate surface area is 130 Å². The van der Waals surface area contributed by atoms with Gasteiger partial charge in [0.25, 0.3) is 11.5 Å². The molecule has 1 aliphatic heterocycles. The summed E-state index contributed by atoms with van der Waals surface area (Å²) in [5.41, 5.74) is 5.93. The van der Waals surface area contributed by atoms with E-state index in [1.807, 2.05) is 18.2 Å². The average Bonchev–Trinajstić information content (AvgIpc) is 2.83. The molecule has 3 rings (SSSR count). The predicted octanol–water partition coefficient (Wildman–Crippen LogP) is -0.374. The van der Waals surface area contributed by atoms with E-state index in [-0.39, 0.29) is 12.2 Å². The fraction of sp³-hybridized carbons (Fsp3) is 0.267. The molecule has 2 heterocycles. The normalized spacial score (nSPS) is 14.3. The second-order valence-corrected chi connectivity index (χ2v) is 5.92. The molecule has 1 amide bonds. The number of rotatable bonds is 4. The van der Waals surface area contributed by atoms with Crippen molar-refractivity contribution in [3.05, 3.63) is 49.5 Å². The van der Waals surface area contributed by atoms with Crippen LogP contribution >= 0.6 is 11.3 Å². The van der Waals surface area contributed by atoms with E-state index in [2.05, 4.69) is 4.99 Å². The van der Waals surface area contributed by atoms with E-state index in [1.54, 1.807) is 16.7 Å². The summed E-state index contributed by atoms with van der Waals surface area (Å²) in [5, 5.41) is 0. The molecule has 1 aromatic carbocycles. The van der Waals surface area contributed by atoms with Gasteiger partial charge in [-0.15, -0.1) is 0 Å². The van der Waals surface area contributed by atoms with Gasteiger partial charge in [-0.25, -0.2) is 0 Å². The Morgan fingerprint density at radius 3 is 2.86 bits per heavy atom. The molecule has 114 valence electrons. The molecule has 0 fully saturated rings. The van der Waals surface area contributed by atoms with Crippen LogP contribution < -0.4 is 25.4 Å². The molecule has 0 atom stereocenters. The molecular formula is C15H15N3O3S. The third kappa shape index (κ3) is 3.09. The van der Waals surface area contributed by atoms with Crippen LogP contribution in [0.1, 0.15) is 12.0 Å². The second-order valence-electron chi connectivity index (χ2n) is 4.91. The van der Waals surface area contributed by atoms with Crippen LogP contribution in [0.15, 0.2) is 34.1 Å². The summed E-state index contributed by atoms with van der Waals surface area (Å²) in [5.74, 6) is 0.0460. The highest BCUT2D eigenvalue weighted by Gasteiger charge is 2.08. The number of benzene rings is 1. The number of nitrogens with zero attached hydrogens (tertiary/aromatic N) is 2. The standard InChI is InChI=1S/C15H15N3O3S/c16-13(19)9-21-11-4-2-10(3-5-11)8-12-14(20)18-7-1-6-17-15(18)22-12/h2-5,8H,1,6-7,9H2,(H2,16,19)/b12-8-. The van der Waals surface area contributed by atoms with Crippen LogP contribution in [0, 0.1) is 0 Å². The smallest absolute Gasteiger partial charge is 0.270 e. The molecule has 1 aliphatic rings. The van der Waals surface area contributed by atoms with Gasteiger partial charge in [0.15, 0.2) is 11.4 Å². The van der Waals surface area contributed by atoms with Crippen molar-refractivity contribution in [2.75, 3.05) is 13.2 Å². The first-order chi connectivity index (χ1) is 10.6. The Hall–Kier alpha value is -2.41. The number of aromatic nitrogens is 1. The molecule has 7 heteroatoms. The fourth-order valence-electron chi connectivity index (χ4n) is 2.19. The SMILES string of the molecule is NC(=O)COc1ccc(/C=c2\sc3n(c2=O)CCCN=3)cc1. The lowest BCUT2D eigenvalue weighted by Crippen LogP contribution is -2.33. The van der Waals surface area contributed by atoms with Crippen molar-refractivity contribution in [2.45, 2.75) is 13.0 Å². The summed E-state index contributed by atoms with van der Waals surface area (Å²) < 4.78 is 7.60. The topological polar surface area (TPSA) is 86.7 Å². The number of thiazole rings is 1. The average molecular weight is 317 g/mol. The quantitative estimate of drug-likeness (QED) is 0.834. The summed E-state index contributed by atoms with van der Waals surface area (Å²) in [7, 11) is 0. The van der Waals surface area contributed by atoms with Gasteiger partial charge in [0.1, 0.15) is 5.75 Å². The minimum Gasteiger partial charge on any atom is -0.484 e. The predicted molar refractivity (Wildman–Crippen MR) is 83.5 cm³/mol. The first-order valence-corrected chi connectivity index (χ1v) is 7.72. The molecule has 0 spiro atoms. The first-order valence-electron chi connectivity index (χ1n) is 6.90. The van der Waals surface area contributed by atoms with Crippen LogP contribution in [0.5, 0.6) is 5.75 Å². The molecule has 0 aliphatic carbocycles. The second kappa shape index (κ2) is 6.15. The van der Waals surface area contributed by atoms with Crippen molar-refractivity contribution in [3.8, 4) is 5.75 Å². The number of carbonyl (C=O) groups is 1. The minimum atomic E-state index is -0.517. The first kappa shape index (κ1) is 14.5. The zero-order chi connectivity index (χ0) is 15.5. The highest BCUT2D eigenvalue weighted by molar-refractivity contribution is 7.07. The number of nitrogens with two attached hydrogens (primary N) is 1. The highest BCUT2D eigenvalue weighted by atomic mass is 32.1. The number of primary amides is 1. The molecule has 22 heavy (non-hydrogen) atoms. The van der Waals surface area contributed by atoms with Crippen molar-refractivity contribution in [3.63, 3.8) is 0 Å². The number of hydrogen-bond donors (Lipinski definition) is 1. The van der Waals surface area contributed by atoms with Crippen molar-refractivity contribution in [1.82, 2.24) is 4.57 Å². The number of carbonyl (C=O) groups excluding carboxylic acids is 1. The summed E-state index contributed by atoms with van der Waals surface area (Å²) in [6.07, 6.45) is 2.75. The zero-order valence-electron chi connectivity index (χ0n) is 11.8. The Kier molecular flexibility index (Phi) is 4.06. The van der Waals surface area contributed by atoms with E-state index in [0.29, 0.717) is 10.3 Å². The van der Waals surface area contributed by atoms with Gasteiger partial charge < -0.3 is 10.5 Å². The maximum atomic E-state index is 12.3. The molecule has 0 bridgehead atoms. The molecule has 2 N–H and O–H groups in total. The summed E-state index contributed by atoms with van der Waals surface area (Å²) in [6, 6.07) is 7.14. The maximum absolute atomic E-state index is 12.3. The van der Waals surface area contributed by atoms with Crippen molar-refractivity contribution < 1.29 is 9.53 Å². The van der Waals surface area contributed by atoms with E-state index < -0.39 is 5.91 Å². The van der Waals surface area contributed by atoms with Crippen molar-refractivity contribution in [1.29, 1.82) is 0 Å². The van der Waals surface area contributed by atoms with Gasteiger partial charge in [-0.3, -0.25) is 19.1 Å². The van der Waals surface area contributed by atoms with Crippen LogP contribution in [0.25, 0.3) is 6.08 Å². The maximum Gasteiger partial charge on any atom is 0.270 e. The number of ether oxygens (including phenoxy) is 1. The van der Waals surface area contributed by atoms with Gasteiger partial charge in [0.2, 0.25) is 0 Å². The number of amides is 1. The van der Waals surface area contributed by atoms with Gasteiger partial charge in [-0.2, -0.15) is 0 Å². The molecule has 0 saturated heterocycles. The molecule has 2 aromatic rings. The lowest BCUT2D eigenvalue weighted by Gasteiger charge is -2.03. The number of hydrogen-bond acceptors (Lipinski definition) is 5. The van der Waals surface area contributed by atoms with Crippen LogP contribution in [0.4, 0.5) is 0 Å². The Morgan fingerprint density at radius 1 is 1.41 bits per heavy atom. The number of fused-ring (bicyclic) bond motifs is 1. The minimum absolute atomic E-state index is 0.0116. The van der Waals surface area contributed by atoms with Crippen molar-refractivity contribution in [2.24, 2.45) is 10.7 Å². The van der Waals surface area contributed by atoms with E-state index >= 15 is 0 Å². The third-order valence-electron chi connectivity index (χ3n) is 3.23. The summed E-state index contributed by atoms with van der Waals surface area (Å²) in [4.78, 5) is 28.1. The van der Waals surface area contributed by atoms with Gasteiger partial charge in [-0.05, 0) is 30.2 Å². The lowest BCUT2D eigenvalue weighted by molar-refractivity contribution is -0.119. The van der Waals surface area contributed by atoms with E-state index in [0.717, 1.165) is 29.9 Å². The highest BCUT2D eigenvalue weighted by Crippen LogP contribution is 2.12. The molecule has 0 saturated carbocycles. The van der Waals surface area contributed by atoms with Crippen LogP contribution in [-0.4, -0.2) is 23.6 Å². The van der Waals surface area contributed by atoms with Crippen LogP contribution in [0.3, 0.4) is 0 Å². The van der Waals surface area contributed by atoms with E-state index in [9.17, 15) is 9.59 Å². The van der Waals surface area contributed by atoms with Gasteiger partial charge in [-0.1, -0.05) is 23.5 Å². The fourth-order valence-corrected chi connectivity index (χ4v) is 3.22. The summed E-state index contributed by atoms with van der Waals surface area (Å²) in [6.45, 7) is 1.37. The molecule has 0 radical (unpaired) electrons. The van der Waals surface area contributed by atoms with Crippen LogP contribution in [-0.2, 0) is 11.3 Å². The third-order valence-corrected chi connectivity index (χ3v) is 4.28. The summed E-state index contributed by atoms with van der Waals surface area (Å²) >= 11 is 1.41. The van der Waals surface area contributed by atoms with Crippen molar-refractivity contribution >= 4 is 23.3 Å².